The highest BCUT2D eigenvalue weighted by atomic mass is 17.0. The van der Waals surface area contributed by atoms with Gasteiger partial charge in [-0.3, -0.25) is 15.3 Å². The van der Waals surface area contributed by atoms with E-state index in [0.717, 1.165) is 19.5 Å². The van der Waals surface area contributed by atoms with Gasteiger partial charge in [0.2, 0.25) is 0 Å². The minimum Gasteiger partial charge on any atom is -0.481 e. The zero-order valence-corrected chi connectivity index (χ0v) is 9.10. The van der Waals surface area contributed by atoms with E-state index in [1.807, 2.05) is 0 Å². The van der Waals surface area contributed by atoms with Gasteiger partial charge in [0.1, 0.15) is 0 Å². The Morgan fingerprint density at radius 1 is 1.36 bits per heavy atom. The minimum atomic E-state index is -0.745. The van der Waals surface area contributed by atoms with Crippen molar-refractivity contribution in [3.63, 3.8) is 0 Å². The number of carboxylic acid groups (broad SMARTS) is 1. The number of nitrogens with zero attached hydrogens (tertiary/aromatic N) is 1. The van der Waals surface area contributed by atoms with Gasteiger partial charge in [-0.05, 0) is 33.6 Å². The Balaban J connectivity index is -0.000000152. The summed E-state index contributed by atoms with van der Waals surface area (Å²) in [5.74, 6) is -0.745. The van der Waals surface area contributed by atoms with Crippen LogP contribution in [-0.4, -0.2) is 53.7 Å². The van der Waals surface area contributed by atoms with Gasteiger partial charge in [0.05, 0.1) is 0 Å². The van der Waals surface area contributed by atoms with Crippen molar-refractivity contribution in [3.05, 3.63) is 0 Å². The van der Waals surface area contributed by atoms with Crippen LogP contribution in [0, 0.1) is 0 Å². The summed E-state index contributed by atoms with van der Waals surface area (Å²) < 4.78 is 0. The Bertz CT molecular complexity index is 110. The van der Waals surface area contributed by atoms with E-state index in [1.54, 1.807) is 6.92 Å². The lowest BCUT2D eigenvalue weighted by Gasteiger charge is -2.05. The first kappa shape index (κ1) is 19.0. The van der Waals surface area contributed by atoms with E-state index in [0.29, 0.717) is 0 Å². The number of nitrogens with two attached hydrogens (primary N) is 1. The number of carbonyl (C=O) groups is 1. The van der Waals surface area contributed by atoms with Crippen LogP contribution in [-0.2, 0) is 4.79 Å². The molecule has 14 heavy (non-hydrogen) atoms. The summed E-state index contributed by atoms with van der Waals surface area (Å²) in [5, 5.41) is 19.7. The van der Waals surface area contributed by atoms with Gasteiger partial charge < -0.3 is 15.7 Å². The van der Waals surface area contributed by atoms with E-state index >= 15 is 0 Å². The number of hydrogen-bond acceptors (Lipinski definition) is 5. The van der Waals surface area contributed by atoms with Crippen molar-refractivity contribution in [2.75, 3.05) is 27.2 Å². The highest BCUT2D eigenvalue weighted by Gasteiger charge is 1.83. The first-order valence-corrected chi connectivity index (χ1v) is 4.31. The highest BCUT2D eigenvalue weighted by molar-refractivity contribution is 5.66. The standard InChI is InChI=1S/C5H14N2.C3H6O2.H2O2/c1-7(2)5-3-4-6;1-2-3(4)5;1-2/h3-6H2,1-2H3;2H2,1H3,(H,4,5);1-2H. The predicted octanol–water partition coefficient (Wildman–Crippen LogP) is 0.395. The lowest BCUT2D eigenvalue weighted by molar-refractivity contribution is -0.176. The van der Waals surface area contributed by atoms with Crippen molar-refractivity contribution in [1.82, 2.24) is 4.90 Å². The Hall–Kier alpha value is -0.690. The second-order valence-electron chi connectivity index (χ2n) is 2.69. The molecule has 0 aliphatic carbocycles. The second kappa shape index (κ2) is 18.2. The summed E-state index contributed by atoms with van der Waals surface area (Å²) in [6.07, 6.45) is 1.33. The van der Waals surface area contributed by atoms with Crippen LogP contribution in [0.25, 0.3) is 0 Å². The molecule has 0 aromatic rings. The molecule has 0 aromatic carbocycles. The monoisotopic (exact) mass is 210 g/mol. The molecule has 5 N–H and O–H groups in total. The van der Waals surface area contributed by atoms with Crippen molar-refractivity contribution < 1.29 is 20.4 Å². The van der Waals surface area contributed by atoms with Crippen LogP contribution in [0.5, 0.6) is 0 Å². The van der Waals surface area contributed by atoms with Crippen LogP contribution >= 0.6 is 0 Å². The van der Waals surface area contributed by atoms with Gasteiger partial charge in [-0.2, -0.15) is 0 Å². The Labute approximate surface area is 84.9 Å². The lowest BCUT2D eigenvalue weighted by Crippen LogP contribution is -2.16. The van der Waals surface area contributed by atoms with Crippen molar-refractivity contribution in [2.45, 2.75) is 19.8 Å². The molecule has 88 valence electrons. The van der Waals surface area contributed by atoms with Crippen molar-refractivity contribution in [3.8, 4) is 0 Å². The third-order valence-electron chi connectivity index (χ3n) is 1.11. The average molecular weight is 210 g/mol. The maximum Gasteiger partial charge on any atom is 0.303 e. The molecule has 0 unspecified atom stereocenters. The first-order valence-electron chi connectivity index (χ1n) is 4.31. The van der Waals surface area contributed by atoms with Gasteiger partial charge in [0.25, 0.3) is 0 Å². The summed E-state index contributed by atoms with van der Waals surface area (Å²) in [7, 11) is 4.10. The molecule has 0 aliphatic heterocycles. The molecule has 0 atom stereocenters. The SMILES string of the molecule is CCC(=O)O.CN(C)CCCN.OO. The number of carboxylic acids is 1. The minimum absolute atomic E-state index is 0.222. The van der Waals surface area contributed by atoms with E-state index in [1.165, 1.54) is 0 Å². The lowest BCUT2D eigenvalue weighted by atomic mass is 10.4. The van der Waals surface area contributed by atoms with Gasteiger partial charge in [0.15, 0.2) is 0 Å². The molecule has 0 fully saturated rings. The fourth-order valence-electron chi connectivity index (χ4n) is 0.408. The Kier molecular flexibility index (Phi) is 24.6. The second-order valence-corrected chi connectivity index (χ2v) is 2.69. The van der Waals surface area contributed by atoms with Crippen LogP contribution in [0.15, 0.2) is 0 Å². The van der Waals surface area contributed by atoms with Crippen LogP contribution in [0.3, 0.4) is 0 Å². The number of rotatable bonds is 4. The Morgan fingerprint density at radius 3 is 1.79 bits per heavy atom. The van der Waals surface area contributed by atoms with Crippen molar-refractivity contribution in [2.24, 2.45) is 5.73 Å². The maximum atomic E-state index is 9.37. The van der Waals surface area contributed by atoms with E-state index in [9.17, 15) is 4.79 Å². The number of aliphatic carboxylic acids is 1. The molecule has 0 aliphatic rings. The molecule has 6 heteroatoms. The summed E-state index contributed by atoms with van der Waals surface area (Å²) in [6, 6.07) is 0. The summed E-state index contributed by atoms with van der Waals surface area (Å²) in [4.78, 5) is 11.5. The fourth-order valence-corrected chi connectivity index (χ4v) is 0.408. The van der Waals surface area contributed by atoms with Crippen LogP contribution in [0.4, 0.5) is 0 Å². The topological polar surface area (TPSA) is 107 Å². The zero-order chi connectivity index (χ0) is 12.0. The molecule has 0 spiro atoms. The van der Waals surface area contributed by atoms with Gasteiger partial charge in [-0.15, -0.1) is 0 Å². The molecule has 0 bridgehead atoms. The molecular formula is C8H22N2O4. The normalized spacial score (nSPS) is 8.21. The number of hydrogen-bond donors (Lipinski definition) is 4. The molecule has 0 radical (unpaired) electrons. The third-order valence-corrected chi connectivity index (χ3v) is 1.11. The van der Waals surface area contributed by atoms with Gasteiger partial charge in [0, 0.05) is 6.42 Å². The van der Waals surface area contributed by atoms with E-state index in [2.05, 4.69) is 19.0 Å². The van der Waals surface area contributed by atoms with E-state index in [-0.39, 0.29) is 6.42 Å². The summed E-state index contributed by atoms with van der Waals surface area (Å²) >= 11 is 0. The first-order chi connectivity index (χ1) is 6.54. The van der Waals surface area contributed by atoms with E-state index < -0.39 is 5.97 Å². The summed E-state index contributed by atoms with van der Waals surface area (Å²) in [6.45, 7) is 3.51. The smallest absolute Gasteiger partial charge is 0.303 e. The highest BCUT2D eigenvalue weighted by Crippen LogP contribution is 1.76. The van der Waals surface area contributed by atoms with Crippen molar-refractivity contribution in [1.29, 1.82) is 0 Å². The third kappa shape index (κ3) is 42.6. The fraction of sp³-hybridized carbons (Fsp3) is 0.875. The molecule has 0 saturated heterocycles. The van der Waals surface area contributed by atoms with Crippen molar-refractivity contribution >= 4 is 5.97 Å². The molecule has 0 heterocycles. The predicted molar refractivity (Wildman–Crippen MR) is 55.4 cm³/mol. The molecule has 6 nitrogen and oxygen atoms in total. The molecule has 0 rings (SSSR count). The van der Waals surface area contributed by atoms with Gasteiger partial charge in [-0.1, -0.05) is 6.92 Å². The summed E-state index contributed by atoms with van der Waals surface area (Å²) in [5.41, 5.74) is 5.25. The molecular weight excluding hydrogens is 188 g/mol. The average Bonchev–Trinajstić information content (AvgIpc) is 2.18. The molecule has 0 aromatic heterocycles. The zero-order valence-electron chi connectivity index (χ0n) is 9.10. The van der Waals surface area contributed by atoms with E-state index in [4.69, 9.17) is 21.4 Å². The quantitative estimate of drug-likeness (QED) is 0.395. The molecule has 0 saturated carbocycles. The molecule has 0 amide bonds. The van der Waals surface area contributed by atoms with Crippen LogP contribution < -0.4 is 5.73 Å². The van der Waals surface area contributed by atoms with Gasteiger partial charge >= 0.3 is 5.97 Å². The Morgan fingerprint density at radius 2 is 1.71 bits per heavy atom. The van der Waals surface area contributed by atoms with Crippen LogP contribution in [0.1, 0.15) is 19.8 Å². The van der Waals surface area contributed by atoms with Crippen LogP contribution in [0.2, 0.25) is 0 Å². The van der Waals surface area contributed by atoms with Gasteiger partial charge in [-0.25, -0.2) is 0 Å². The maximum absolute atomic E-state index is 9.37. The largest absolute Gasteiger partial charge is 0.481 e.